The van der Waals surface area contributed by atoms with Crippen LogP contribution in [0.3, 0.4) is 0 Å². The van der Waals surface area contributed by atoms with Crippen LogP contribution in [0.25, 0.3) is 10.2 Å². The van der Waals surface area contributed by atoms with Gasteiger partial charge >= 0.3 is 0 Å². The van der Waals surface area contributed by atoms with Gasteiger partial charge in [0.2, 0.25) is 0 Å². The van der Waals surface area contributed by atoms with Crippen molar-refractivity contribution in [3.8, 4) is 5.75 Å². The smallest absolute Gasteiger partial charge is 0.188 e. The summed E-state index contributed by atoms with van der Waals surface area (Å²) in [5, 5.41) is 4.26. The minimum Gasteiger partial charge on any atom is -0.497 e. The fourth-order valence-electron chi connectivity index (χ4n) is 1.97. The molecule has 0 radical (unpaired) electrons. The molecule has 3 nitrogen and oxygen atoms in total. The van der Waals surface area contributed by atoms with Gasteiger partial charge in [0.15, 0.2) is 5.13 Å². The molecule has 2 aromatic carbocycles. The monoisotopic (exact) mass is 348 g/mol. The van der Waals surface area contributed by atoms with Gasteiger partial charge in [0.25, 0.3) is 0 Å². The first-order chi connectivity index (χ1) is 9.65. The second-order valence-corrected chi connectivity index (χ2v) is 6.38. The fraction of sp³-hybridized carbons (Fsp3) is 0.133. The number of thiazole rings is 1. The molecule has 0 unspecified atom stereocenters. The van der Waals surface area contributed by atoms with Crippen molar-refractivity contribution < 1.29 is 4.74 Å². The number of rotatable bonds is 3. The Kier molecular flexibility index (Phi) is 3.63. The van der Waals surface area contributed by atoms with Crippen molar-refractivity contribution in [3.63, 3.8) is 0 Å². The van der Waals surface area contributed by atoms with Gasteiger partial charge in [-0.25, -0.2) is 4.98 Å². The SMILES string of the molecule is COc1ccc2nc(Nc3ccc(Br)cc3C)sc2c1. The van der Waals surface area contributed by atoms with Crippen LogP contribution in [0.4, 0.5) is 10.8 Å². The number of ether oxygens (including phenoxy) is 1. The number of methoxy groups -OCH3 is 1. The Labute approximate surface area is 129 Å². The summed E-state index contributed by atoms with van der Waals surface area (Å²) in [6.07, 6.45) is 0. The van der Waals surface area contributed by atoms with Gasteiger partial charge in [-0.15, -0.1) is 0 Å². The summed E-state index contributed by atoms with van der Waals surface area (Å²) in [5.74, 6) is 0.854. The van der Waals surface area contributed by atoms with E-state index in [0.29, 0.717) is 0 Å². The van der Waals surface area contributed by atoms with Crippen molar-refractivity contribution in [2.75, 3.05) is 12.4 Å². The summed E-state index contributed by atoms with van der Waals surface area (Å²) in [6.45, 7) is 2.07. The maximum Gasteiger partial charge on any atom is 0.188 e. The summed E-state index contributed by atoms with van der Waals surface area (Å²) < 4.78 is 7.43. The minimum atomic E-state index is 0.854. The van der Waals surface area contributed by atoms with E-state index < -0.39 is 0 Å². The van der Waals surface area contributed by atoms with Crippen LogP contribution in [0.15, 0.2) is 40.9 Å². The molecule has 0 amide bonds. The lowest BCUT2D eigenvalue weighted by atomic mass is 10.2. The number of anilines is 2. The number of benzene rings is 2. The van der Waals surface area contributed by atoms with Crippen molar-refractivity contribution in [2.45, 2.75) is 6.92 Å². The lowest BCUT2D eigenvalue weighted by molar-refractivity contribution is 0.415. The molecule has 0 aliphatic heterocycles. The zero-order chi connectivity index (χ0) is 14.1. The molecule has 3 aromatic rings. The van der Waals surface area contributed by atoms with Gasteiger partial charge < -0.3 is 10.1 Å². The number of hydrogen-bond donors (Lipinski definition) is 1. The van der Waals surface area contributed by atoms with Crippen LogP contribution < -0.4 is 10.1 Å². The van der Waals surface area contributed by atoms with E-state index in [9.17, 15) is 0 Å². The molecular weight excluding hydrogens is 336 g/mol. The zero-order valence-electron chi connectivity index (χ0n) is 11.1. The first-order valence-electron chi connectivity index (χ1n) is 6.13. The second-order valence-electron chi connectivity index (χ2n) is 4.44. The summed E-state index contributed by atoms with van der Waals surface area (Å²) in [5.41, 5.74) is 3.23. The Hall–Kier alpha value is -1.59. The summed E-state index contributed by atoms with van der Waals surface area (Å²) in [7, 11) is 1.67. The molecule has 1 aromatic heterocycles. The molecule has 0 saturated heterocycles. The topological polar surface area (TPSA) is 34.1 Å². The molecule has 0 atom stereocenters. The molecule has 0 bridgehead atoms. The van der Waals surface area contributed by atoms with Crippen LogP contribution in [0.2, 0.25) is 0 Å². The number of aromatic nitrogens is 1. The van der Waals surface area contributed by atoms with E-state index in [0.717, 1.165) is 31.3 Å². The van der Waals surface area contributed by atoms with Crippen LogP contribution in [-0.2, 0) is 0 Å². The number of halogens is 1. The highest BCUT2D eigenvalue weighted by atomic mass is 79.9. The highest BCUT2D eigenvalue weighted by Gasteiger charge is 2.06. The van der Waals surface area contributed by atoms with E-state index >= 15 is 0 Å². The highest BCUT2D eigenvalue weighted by Crippen LogP contribution is 2.32. The Morgan fingerprint density at radius 1 is 1.20 bits per heavy atom. The van der Waals surface area contributed by atoms with Crippen molar-refractivity contribution in [3.05, 3.63) is 46.4 Å². The zero-order valence-corrected chi connectivity index (χ0v) is 13.5. The van der Waals surface area contributed by atoms with Gasteiger partial charge in [-0.2, -0.15) is 0 Å². The Morgan fingerprint density at radius 3 is 2.80 bits per heavy atom. The molecule has 0 saturated carbocycles. The predicted octanol–water partition coefficient (Wildman–Crippen LogP) is 5.12. The van der Waals surface area contributed by atoms with Crippen molar-refractivity contribution in [1.29, 1.82) is 0 Å². The molecule has 0 aliphatic carbocycles. The number of fused-ring (bicyclic) bond motifs is 1. The molecule has 20 heavy (non-hydrogen) atoms. The molecule has 5 heteroatoms. The first kappa shape index (κ1) is 13.4. The Bertz CT molecular complexity index is 770. The van der Waals surface area contributed by atoms with E-state index in [-0.39, 0.29) is 0 Å². The van der Waals surface area contributed by atoms with Gasteiger partial charge in [-0.05, 0) is 48.9 Å². The normalized spacial score (nSPS) is 10.8. The Morgan fingerprint density at radius 2 is 2.05 bits per heavy atom. The third-order valence-corrected chi connectivity index (χ3v) is 4.45. The van der Waals surface area contributed by atoms with E-state index in [1.807, 2.05) is 30.3 Å². The van der Waals surface area contributed by atoms with Gasteiger partial charge in [-0.3, -0.25) is 0 Å². The number of hydrogen-bond acceptors (Lipinski definition) is 4. The van der Waals surface area contributed by atoms with E-state index in [1.54, 1.807) is 18.4 Å². The van der Waals surface area contributed by atoms with Gasteiger partial charge in [0.05, 0.1) is 17.3 Å². The molecular formula is C15H13BrN2OS. The predicted molar refractivity (Wildman–Crippen MR) is 88.3 cm³/mol. The number of aryl methyl sites for hydroxylation is 1. The van der Waals surface area contributed by atoms with E-state index in [1.165, 1.54) is 5.56 Å². The number of nitrogens with one attached hydrogen (secondary N) is 1. The van der Waals surface area contributed by atoms with Crippen LogP contribution in [-0.4, -0.2) is 12.1 Å². The molecule has 0 spiro atoms. The summed E-state index contributed by atoms with van der Waals surface area (Å²) >= 11 is 5.09. The van der Waals surface area contributed by atoms with Crippen LogP contribution in [0.5, 0.6) is 5.75 Å². The maximum atomic E-state index is 5.24. The van der Waals surface area contributed by atoms with Gasteiger partial charge in [0.1, 0.15) is 5.75 Å². The minimum absolute atomic E-state index is 0.854. The summed E-state index contributed by atoms with van der Waals surface area (Å²) in [6, 6.07) is 12.1. The molecule has 1 heterocycles. The molecule has 102 valence electrons. The Balaban J connectivity index is 1.94. The lowest BCUT2D eigenvalue weighted by Crippen LogP contribution is -1.91. The standard InChI is InChI=1S/C15H13BrN2OS/c1-9-7-10(16)3-5-12(9)17-15-18-13-6-4-11(19-2)8-14(13)20-15/h3-8H,1-2H3,(H,17,18). The van der Waals surface area contributed by atoms with Crippen LogP contribution in [0, 0.1) is 6.92 Å². The first-order valence-corrected chi connectivity index (χ1v) is 7.74. The number of nitrogens with zero attached hydrogens (tertiary/aromatic N) is 1. The second kappa shape index (κ2) is 5.42. The van der Waals surface area contributed by atoms with Crippen molar-refractivity contribution in [1.82, 2.24) is 4.98 Å². The highest BCUT2D eigenvalue weighted by molar-refractivity contribution is 9.10. The van der Waals surface area contributed by atoms with Crippen molar-refractivity contribution >= 4 is 48.3 Å². The molecule has 0 fully saturated rings. The molecule has 0 aliphatic rings. The third-order valence-electron chi connectivity index (χ3n) is 3.03. The van der Waals surface area contributed by atoms with E-state index in [4.69, 9.17) is 4.74 Å². The summed E-state index contributed by atoms with van der Waals surface area (Å²) in [4.78, 5) is 4.59. The largest absolute Gasteiger partial charge is 0.497 e. The van der Waals surface area contributed by atoms with Crippen LogP contribution in [0.1, 0.15) is 5.56 Å². The fourth-order valence-corrected chi connectivity index (χ4v) is 3.35. The maximum absolute atomic E-state index is 5.24. The van der Waals surface area contributed by atoms with Crippen LogP contribution >= 0.6 is 27.3 Å². The quantitative estimate of drug-likeness (QED) is 0.713. The van der Waals surface area contributed by atoms with Crippen molar-refractivity contribution in [2.24, 2.45) is 0 Å². The average Bonchev–Trinajstić information content (AvgIpc) is 2.83. The van der Waals surface area contributed by atoms with Gasteiger partial charge in [0, 0.05) is 10.2 Å². The molecule has 1 N–H and O–H groups in total. The third kappa shape index (κ3) is 2.64. The van der Waals surface area contributed by atoms with Gasteiger partial charge in [-0.1, -0.05) is 27.3 Å². The average molecular weight is 349 g/mol. The molecule has 3 rings (SSSR count). The lowest BCUT2D eigenvalue weighted by Gasteiger charge is -2.06. The van der Waals surface area contributed by atoms with E-state index in [2.05, 4.69) is 39.2 Å².